The van der Waals surface area contributed by atoms with E-state index in [0.29, 0.717) is 41.8 Å². The van der Waals surface area contributed by atoms with Gasteiger partial charge in [0.2, 0.25) is 0 Å². The molecular formula is C19H18ClN3O5S. The van der Waals surface area contributed by atoms with Gasteiger partial charge < -0.3 is 9.47 Å². The van der Waals surface area contributed by atoms with Crippen molar-refractivity contribution in [1.29, 1.82) is 0 Å². The summed E-state index contributed by atoms with van der Waals surface area (Å²) in [6, 6.07) is 10.8. The van der Waals surface area contributed by atoms with E-state index < -0.39 is 10.0 Å². The monoisotopic (exact) mass is 435 g/mol. The molecule has 0 spiro atoms. The molecule has 4 rings (SSSR count). The quantitative estimate of drug-likeness (QED) is 0.680. The molecule has 152 valence electrons. The van der Waals surface area contributed by atoms with Gasteiger partial charge in [0.1, 0.15) is 18.2 Å². The van der Waals surface area contributed by atoms with Gasteiger partial charge in [-0.2, -0.15) is 0 Å². The molecule has 0 amide bonds. The molecule has 1 aliphatic rings. The molecule has 1 aromatic heterocycles. The molecule has 1 aliphatic heterocycles. The topological polar surface area (TPSA) is 91.6 Å². The van der Waals surface area contributed by atoms with E-state index in [2.05, 4.69) is 4.72 Å². The first-order valence-corrected chi connectivity index (χ1v) is 10.6. The van der Waals surface area contributed by atoms with Crippen LogP contribution < -0.4 is 19.8 Å². The first kappa shape index (κ1) is 19.4. The number of fused-ring (bicyclic) bond motifs is 1. The fourth-order valence-corrected chi connectivity index (χ4v) is 4.31. The molecule has 0 radical (unpaired) electrons. The lowest BCUT2D eigenvalue weighted by atomic mass is 10.3. The highest BCUT2D eigenvalue weighted by molar-refractivity contribution is 7.92. The van der Waals surface area contributed by atoms with Crippen LogP contribution in [0, 0.1) is 6.92 Å². The maximum Gasteiger partial charge on any atom is 0.290 e. The zero-order valence-electron chi connectivity index (χ0n) is 15.7. The van der Waals surface area contributed by atoms with Gasteiger partial charge in [-0.15, -0.1) is 0 Å². The molecule has 8 nitrogen and oxygen atoms in total. The zero-order chi connectivity index (χ0) is 20.8. The van der Waals surface area contributed by atoms with Gasteiger partial charge in [0, 0.05) is 13.1 Å². The van der Waals surface area contributed by atoms with Crippen LogP contribution in [-0.2, 0) is 17.1 Å². The van der Waals surface area contributed by atoms with Crippen molar-refractivity contribution in [2.45, 2.75) is 11.8 Å². The maximum absolute atomic E-state index is 12.7. The van der Waals surface area contributed by atoms with Crippen LogP contribution in [0.25, 0.3) is 5.69 Å². The van der Waals surface area contributed by atoms with Gasteiger partial charge in [-0.25, -0.2) is 13.1 Å². The lowest BCUT2D eigenvalue weighted by molar-refractivity contribution is 0.171. The first-order chi connectivity index (χ1) is 13.8. The standard InChI is InChI=1S/C19H18ClN3O5S/c1-12-18(20)19(24)23(22(12)2)14-4-6-15(7-5-14)29(25,26)21-13-3-8-16-17(11-13)28-10-9-27-16/h3-8,11,21H,9-10H2,1-2H3. The van der Waals surface area contributed by atoms with Gasteiger partial charge in [-0.1, -0.05) is 11.6 Å². The van der Waals surface area contributed by atoms with Crippen molar-refractivity contribution in [1.82, 2.24) is 9.36 Å². The van der Waals surface area contributed by atoms with Gasteiger partial charge >= 0.3 is 0 Å². The third kappa shape index (κ3) is 3.47. The number of sulfonamides is 1. The number of hydrogen-bond donors (Lipinski definition) is 1. The summed E-state index contributed by atoms with van der Waals surface area (Å²) in [5, 5.41) is 0.129. The van der Waals surface area contributed by atoms with Gasteiger partial charge in [0.25, 0.3) is 15.6 Å². The molecule has 1 N–H and O–H groups in total. The van der Waals surface area contributed by atoms with Crippen LogP contribution in [0.1, 0.15) is 5.69 Å². The number of nitrogens with zero attached hydrogens (tertiary/aromatic N) is 2. The van der Waals surface area contributed by atoms with Crippen LogP contribution in [0.15, 0.2) is 52.2 Å². The summed E-state index contributed by atoms with van der Waals surface area (Å²) in [7, 11) is -2.12. The summed E-state index contributed by atoms with van der Waals surface area (Å²) in [5.74, 6) is 1.06. The Labute approximate surface area is 172 Å². The highest BCUT2D eigenvalue weighted by Gasteiger charge is 2.19. The van der Waals surface area contributed by atoms with Crippen molar-refractivity contribution in [3.63, 3.8) is 0 Å². The predicted octanol–water partition coefficient (Wildman–Crippen LogP) is 2.71. The largest absolute Gasteiger partial charge is 0.486 e. The Morgan fingerprint density at radius 1 is 1.03 bits per heavy atom. The summed E-state index contributed by atoms with van der Waals surface area (Å²) in [6.45, 7) is 2.60. The Balaban J connectivity index is 1.62. The third-order valence-corrected chi connectivity index (χ3v) is 6.50. The third-order valence-electron chi connectivity index (χ3n) is 4.67. The second kappa shape index (κ2) is 7.16. The van der Waals surface area contributed by atoms with E-state index in [1.165, 1.54) is 16.8 Å². The van der Waals surface area contributed by atoms with E-state index in [1.54, 1.807) is 49.0 Å². The average Bonchev–Trinajstić information content (AvgIpc) is 2.90. The minimum atomic E-state index is -3.83. The van der Waals surface area contributed by atoms with E-state index in [0.717, 1.165) is 0 Å². The summed E-state index contributed by atoms with van der Waals surface area (Å²) in [6.07, 6.45) is 0. The molecule has 3 aromatic rings. The second-order valence-corrected chi connectivity index (χ2v) is 8.56. The summed E-state index contributed by atoms with van der Waals surface area (Å²) >= 11 is 6.02. The molecule has 29 heavy (non-hydrogen) atoms. The zero-order valence-corrected chi connectivity index (χ0v) is 17.2. The van der Waals surface area contributed by atoms with E-state index in [1.807, 2.05) is 0 Å². The van der Waals surface area contributed by atoms with Crippen LogP contribution in [-0.4, -0.2) is 31.0 Å². The maximum atomic E-state index is 12.7. The van der Waals surface area contributed by atoms with E-state index in [-0.39, 0.29) is 15.5 Å². The number of benzene rings is 2. The van der Waals surface area contributed by atoms with Gasteiger partial charge in [0.05, 0.1) is 22.0 Å². The normalized spacial score (nSPS) is 13.3. The Morgan fingerprint density at radius 3 is 2.31 bits per heavy atom. The van der Waals surface area contributed by atoms with E-state index >= 15 is 0 Å². The van der Waals surface area contributed by atoms with Crippen molar-refractivity contribution in [3.8, 4) is 17.2 Å². The Hall–Kier alpha value is -2.91. The number of aromatic nitrogens is 2. The van der Waals surface area contributed by atoms with Crippen molar-refractivity contribution in [2.75, 3.05) is 17.9 Å². The molecule has 0 unspecified atom stereocenters. The molecule has 0 aliphatic carbocycles. The number of rotatable bonds is 4. The Bertz CT molecular complexity index is 1250. The van der Waals surface area contributed by atoms with Crippen LogP contribution in [0.2, 0.25) is 5.02 Å². The summed E-state index contributed by atoms with van der Waals surface area (Å²) in [5.41, 5.74) is 1.12. The molecule has 0 bridgehead atoms. The number of ether oxygens (including phenoxy) is 2. The SMILES string of the molecule is Cc1c(Cl)c(=O)n(-c2ccc(S(=O)(=O)Nc3ccc4c(c3)OCCO4)cc2)n1C. The molecule has 0 saturated carbocycles. The molecular weight excluding hydrogens is 418 g/mol. The number of anilines is 1. The van der Waals surface area contributed by atoms with Gasteiger partial charge in [0.15, 0.2) is 11.5 Å². The van der Waals surface area contributed by atoms with Crippen molar-refractivity contribution < 1.29 is 17.9 Å². The summed E-state index contributed by atoms with van der Waals surface area (Å²) < 4.78 is 41.9. The van der Waals surface area contributed by atoms with E-state index in [9.17, 15) is 13.2 Å². The van der Waals surface area contributed by atoms with Crippen LogP contribution in [0.4, 0.5) is 5.69 Å². The van der Waals surface area contributed by atoms with Crippen LogP contribution in [0.5, 0.6) is 11.5 Å². The molecule has 10 heteroatoms. The molecule has 2 aromatic carbocycles. The highest BCUT2D eigenvalue weighted by Crippen LogP contribution is 2.33. The molecule has 0 fully saturated rings. The minimum Gasteiger partial charge on any atom is -0.486 e. The van der Waals surface area contributed by atoms with Crippen LogP contribution >= 0.6 is 11.6 Å². The molecule has 0 saturated heterocycles. The fraction of sp³-hybridized carbons (Fsp3) is 0.211. The fourth-order valence-electron chi connectivity index (χ4n) is 3.05. The Kier molecular flexibility index (Phi) is 4.79. The lowest BCUT2D eigenvalue weighted by Crippen LogP contribution is -2.20. The Morgan fingerprint density at radius 2 is 1.69 bits per heavy atom. The van der Waals surface area contributed by atoms with E-state index in [4.69, 9.17) is 21.1 Å². The average molecular weight is 436 g/mol. The first-order valence-electron chi connectivity index (χ1n) is 8.75. The van der Waals surface area contributed by atoms with Crippen molar-refractivity contribution in [3.05, 3.63) is 63.5 Å². The van der Waals surface area contributed by atoms with Gasteiger partial charge in [-0.05, 0) is 43.3 Å². The lowest BCUT2D eigenvalue weighted by Gasteiger charge is -2.19. The highest BCUT2D eigenvalue weighted by atomic mass is 35.5. The van der Waals surface area contributed by atoms with Crippen LogP contribution in [0.3, 0.4) is 0 Å². The number of halogens is 1. The smallest absolute Gasteiger partial charge is 0.290 e. The van der Waals surface area contributed by atoms with Crippen molar-refractivity contribution >= 4 is 27.3 Å². The summed E-state index contributed by atoms with van der Waals surface area (Å²) in [4.78, 5) is 12.4. The number of nitrogens with one attached hydrogen (secondary N) is 1. The minimum absolute atomic E-state index is 0.0567. The predicted molar refractivity (Wildman–Crippen MR) is 109 cm³/mol. The molecule has 2 heterocycles. The number of hydrogen-bond acceptors (Lipinski definition) is 5. The van der Waals surface area contributed by atoms with Crippen molar-refractivity contribution in [2.24, 2.45) is 7.05 Å². The van der Waals surface area contributed by atoms with Gasteiger partial charge in [-0.3, -0.25) is 14.2 Å². The second-order valence-electron chi connectivity index (χ2n) is 6.50. The molecule has 0 atom stereocenters.